The Hall–Kier alpha value is -1.43. The van der Waals surface area contributed by atoms with Gasteiger partial charge in [0.05, 0.1) is 0 Å². The largest absolute Gasteiger partial charge is 0.475 e. The van der Waals surface area contributed by atoms with E-state index in [1.165, 1.54) is 0 Å². The number of carboxylic acid groups (broad SMARTS) is 1. The Labute approximate surface area is 91.6 Å². The third-order valence-electron chi connectivity index (χ3n) is 3.61. The van der Waals surface area contributed by atoms with Crippen molar-refractivity contribution < 1.29 is 19.2 Å². The molecule has 86 valence electrons. The summed E-state index contributed by atoms with van der Waals surface area (Å²) in [6, 6.07) is 0. The minimum absolute atomic E-state index is 0.233. The maximum atomic E-state index is 10.6. The Bertz CT molecular complexity index is 422. The van der Waals surface area contributed by atoms with Crippen molar-refractivity contribution in [3.8, 4) is 0 Å². The lowest BCUT2D eigenvalue weighted by atomic mass is 9.94. The molecule has 2 fully saturated rings. The minimum Gasteiger partial charge on any atom is -0.475 e. The normalized spacial score (nSPS) is 26.9. The second kappa shape index (κ2) is 3.28. The fraction of sp³-hybridized carbons (Fsp3) is 0.700. The molecule has 1 saturated heterocycles. The second-order valence-corrected chi connectivity index (χ2v) is 4.49. The molecule has 6 heteroatoms. The van der Waals surface area contributed by atoms with Crippen molar-refractivity contribution in [3.05, 3.63) is 11.7 Å². The summed E-state index contributed by atoms with van der Waals surface area (Å²) < 4.78 is 10.3. The van der Waals surface area contributed by atoms with E-state index in [-0.39, 0.29) is 17.2 Å². The van der Waals surface area contributed by atoms with Crippen LogP contribution in [0.5, 0.6) is 0 Å². The van der Waals surface area contributed by atoms with Crippen LogP contribution < -0.4 is 0 Å². The molecule has 1 aromatic heterocycles. The van der Waals surface area contributed by atoms with Gasteiger partial charge in [0.2, 0.25) is 5.89 Å². The Balaban J connectivity index is 1.77. The van der Waals surface area contributed by atoms with E-state index < -0.39 is 5.97 Å². The predicted octanol–water partition coefficient (Wildman–Crippen LogP) is 1.05. The zero-order valence-corrected chi connectivity index (χ0v) is 8.68. The first-order valence-electron chi connectivity index (χ1n) is 5.36. The quantitative estimate of drug-likeness (QED) is 0.808. The first-order chi connectivity index (χ1) is 7.71. The summed E-state index contributed by atoms with van der Waals surface area (Å²) in [7, 11) is 0. The Morgan fingerprint density at radius 1 is 1.44 bits per heavy atom. The molecule has 1 atom stereocenters. The van der Waals surface area contributed by atoms with Crippen molar-refractivity contribution in [2.75, 3.05) is 13.2 Å². The van der Waals surface area contributed by atoms with Crippen LogP contribution >= 0.6 is 0 Å². The van der Waals surface area contributed by atoms with Crippen molar-refractivity contribution in [2.24, 2.45) is 5.41 Å². The van der Waals surface area contributed by atoms with E-state index in [2.05, 4.69) is 10.1 Å². The number of hydrogen-bond acceptors (Lipinski definition) is 5. The van der Waals surface area contributed by atoms with Crippen LogP contribution in [0, 0.1) is 5.41 Å². The molecule has 3 rings (SSSR count). The third kappa shape index (κ3) is 1.41. The predicted molar refractivity (Wildman–Crippen MR) is 51.1 cm³/mol. The minimum atomic E-state index is -1.14. The zero-order valence-electron chi connectivity index (χ0n) is 8.68. The van der Waals surface area contributed by atoms with Gasteiger partial charge in [-0.2, -0.15) is 4.98 Å². The summed E-state index contributed by atoms with van der Waals surface area (Å²) in [5.41, 5.74) is 0.237. The molecule has 0 bridgehead atoms. The molecule has 1 spiro atoms. The van der Waals surface area contributed by atoms with Crippen molar-refractivity contribution in [1.29, 1.82) is 0 Å². The molecule has 0 amide bonds. The number of hydrogen-bond donors (Lipinski definition) is 1. The second-order valence-electron chi connectivity index (χ2n) is 4.49. The topological polar surface area (TPSA) is 85.5 Å². The standard InChI is InChI=1S/C10H12N2O4/c13-9(14)7-11-8(16-12-7)6-5-10(6)1-3-15-4-2-10/h6H,1-5H2,(H,13,14). The van der Waals surface area contributed by atoms with Crippen LogP contribution in [0.25, 0.3) is 0 Å². The van der Waals surface area contributed by atoms with E-state index in [1.54, 1.807) is 0 Å². The van der Waals surface area contributed by atoms with E-state index in [4.69, 9.17) is 14.4 Å². The molecule has 2 aliphatic rings. The molecule has 0 radical (unpaired) electrons. The van der Waals surface area contributed by atoms with Gasteiger partial charge in [-0.15, -0.1) is 0 Å². The molecule has 1 aromatic rings. The van der Waals surface area contributed by atoms with Gasteiger partial charge in [0.15, 0.2) is 0 Å². The zero-order chi connectivity index (χ0) is 11.2. The van der Waals surface area contributed by atoms with Crippen molar-refractivity contribution in [3.63, 3.8) is 0 Å². The Morgan fingerprint density at radius 2 is 2.19 bits per heavy atom. The molecule has 16 heavy (non-hydrogen) atoms. The molecule has 1 aliphatic heterocycles. The highest BCUT2D eigenvalue weighted by Gasteiger charge is 2.57. The molecular weight excluding hydrogens is 212 g/mol. The summed E-state index contributed by atoms with van der Waals surface area (Å²) in [5.74, 6) is -0.683. The van der Waals surface area contributed by atoms with Gasteiger partial charge in [-0.3, -0.25) is 0 Å². The van der Waals surface area contributed by atoms with Crippen molar-refractivity contribution >= 4 is 5.97 Å². The first-order valence-corrected chi connectivity index (χ1v) is 5.36. The molecule has 1 N–H and O–H groups in total. The number of aromatic carboxylic acids is 1. The maximum absolute atomic E-state index is 10.6. The Morgan fingerprint density at radius 3 is 2.81 bits per heavy atom. The lowest BCUT2D eigenvalue weighted by Crippen LogP contribution is -2.18. The molecule has 0 aromatic carbocycles. The van der Waals surface area contributed by atoms with Gasteiger partial charge in [0.1, 0.15) is 0 Å². The van der Waals surface area contributed by atoms with Gasteiger partial charge in [0, 0.05) is 19.1 Å². The smallest absolute Gasteiger partial charge is 0.377 e. The molecule has 2 heterocycles. The fourth-order valence-electron chi connectivity index (χ4n) is 2.49. The van der Waals surface area contributed by atoms with E-state index >= 15 is 0 Å². The van der Waals surface area contributed by atoms with Gasteiger partial charge in [-0.1, -0.05) is 0 Å². The highest BCUT2D eigenvalue weighted by atomic mass is 16.5. The summed E-state index contributed by atoms with van der Waals surface area (Å²) in [6.45, 7) is 1.55. The number of nitrogens with zero attached hydrogens (tertiary/aromatic N) is 2. The van der Waals surface area contributed by atoms with Crippen LogP contribution in [0.4, 0.5) is 0 Å². The number of aromatic nitrogens is 2. The van der Waals surface area contributed by atoms with Crippen LogP contribution in [0.3, 0.4) is 0 Å². The highest BCUT2D eigenvalue weighted by Crippen LogP contribution is 2.64. The van der Waals surface area contributed by atoms with Crippen molar-refractivity contribution in [2.45, 2.75) is 25.2 Å². The van der Waals surface area contributed by atoms with Gasteiger partial charge in [-0.05, 0) is 29.8 Å². The molecular formula is C10H12N2O4. The van der Waals surface area contributed by atoms with Crippen LogP contribution in [0.15, 0.2) is 4.52 Å². The molecule has 1 unspecified atom stereocenters. The summed E-state index contributed by atoms with van der Waals surface area (Å²) >= 11 is 0. The van der Waals surface area contributed by atoms with Gasteiger partial charge < -0.3 is 14.4 Å². The average Bonchev–Trinajstić information content (AvgIpc) is 2.79. The number of rotatable bonds is 2. The van der Waals surface area contributed by atoms with Gasteiger partial charge in [0.25, 0.3) is 5.82 Å². The SMILES string of the molecule is O=C(O)c1noc(C2CC23CCOCC3)n1. The number of ether oxygens (including phenoxy) is 1. The Kier molecular flexibility index (Phi) is 2.00. The summed E-state index contributed by atoms with van der Waals surface area (Å²) in [4.78, 5) is 14.5. The molecule has 6 nitrogen and oxygen atoms in total. The van der Waals surface area contributed by atoms with Gasteiger partial charge in [-0.25, -0.2) is 4.79 Å². The van der Waals surface area contributed by atoms with Crippen LogP contribution in [0.1, 0.15) is 41.7 Å². The average molecular weight is 224 g/mol. The fourth-order valence-corrected chi connectivity index (χ4v) is 2.49. The van der Waals surface area contributed by atoms with E-state index in [9.17, 15) is 4.79 Å². The van der Waals surface area contributed by atoms with Gasteiger partial charge >= 0.3 is 5.97 Å². The van der Waals surface area contributed by atoms with E-state index in [0.717, 1.165) is 32.5 Å². The first kappa shape index (κ1) is 9.77. The highest BCUT2D eigenvalue weighted by molar-refractivity contribution is 5.82. The lowest BCUT2D eigenvalue weighted by molar-refractivity contribution is 0.0544. The monoisotopic (exact) mass is 224 g/mol. The lowest BCUT2D eigenvalue weighted by Gasteiger charge is -2.21. The summed E-state index contributed by atoms with van der Waals surface area (Å²) in [5, 5.41) is 12.1. The third-order valence-corrected chi connectivity index (χ3v) is 3.61. The van der Waals surface area contributed by atoms with E-state index in [0.29, 0.717) is 5.89 Å². The molecule has 1 saturated carbocycles. The summed E-state index contributed by atoms with van der Waals surface area (Å²) in [6.07, 6.45) is 3.02. The number of carboxylic acids is 1. The van der Waals surface area contributed by atoms with Crippen molar-refractivity contribution in [1.82, 2.24) is 10.1 Å². The molecule has 1 aliphatic carbocycles. The van der Waals surface area contributed by atoms with E-state index in [1.807, 2.05) is 0 Å². The van der Waals surface area contributed by atoms with Crippen LogP contribution in [0.2, 0.25) is 0 Å². The maximum Gasteiger partial charge on any atom is 0.377 e. The van der Waals surface area contributed by atoms with Crippen LogP contribution in [-0.4, -0.2) is 34.4 Å². The number of carbonyl (C=O) groups is 1. The van der Waals surface area contributed by atoms with Crippen LogP contribution in [-0.2, 0) is 4.74 Å².